The van der Waals surface area contributed by atoms with Crippen LogP contribution in [0.1, 0.15) is 15.9 Å². The monoisotopic (exact) mass is 342 g/mol. The Bertz CT molecular complexity index is 747. The van der Waals surface area contributed by atoms with Crippen molar-refractivity contribution < 1.29 is 9.72 Å². The van der Waals surface area contributed by atoms with Crippen LogP contribution in [-0.4, -0.2) is 42.4 Å². The summed E-state index contributed by atoms with van der Waals surface area (Å²) in [5.41, 5.74) is 6.73. The van der Waals surface area contributed by atoms with Gasteiger partial charge in [-0.1, -0.05) is 30.3 Å². The van der Waals surface area contributed by atoms with Crippen molar-refractivity contribution in [3.63, 3.8) is 0 Å². The Hall–Kier alpha value is -2.93. The highest BCUT2D eigenvalue weighted by Gasteiger charge is 2.18. The average Bonchev–Trinajstić information content (AvgIpc) is 2.59. The minimum Gasteiger partial charge on any atom is -0.393 e. The molecular formula is C18H22N4O3. The Morgan fingerprint density at radius 1 is 1.24 bits per heavy atom. The zero-order valence-corrected chi connectivity index (χ0v) is 14.3. The van der Waals surface area contributed by atoms with Crippen LogP contribution in [0.15, 0.2) is 48.5 Å². The van der Waals surface area contributed by atoms with Crippen molar-refractivity contribution in [1.29, 1.82) is 0 Å². The van der Waals surface area contributed by atoms with Crippen LogP contribution in [0.25, 0.3) is 0 Å². The van der Waals surface area contributed by atoms with Crippen molar-refractivity contribution in [2.24, 2.45) is 0 Å². The van der Waals surface area contributed by atoms with Crippen molar-refractivity contribution >= 4 is 17.3 Å². The lowest BCUT2D eigenvalue weighted by Crippen LogP contribution is -2.41. The van der Waals surface area contributed by atoms with E-state index in [-0.39, 0.29) is 28.9 Å². The van der Waals surface area contributed by atoms with Gasteiger partial charge in [0.15, 0.2) is 0 Å². The van der Waals surface area contributed by atoms with Crippen LogP contribution in [0.5, 0.6) is 0 Å². The molecule has 0 aliphatic rings. The van der Waals surface area contributed by atoms with Crippen LogP contribution in [0, 0.1) is 10.1 Å². The molecule has 0 saturated carbocycles. The summed E-state index contributed by atoms with van der Waals surface area (Å²) >= 11 is 0. The van der Waals surface area contributed by atoms with Gasteiger partial charge in [-0.3, -0.25) is 14.9 Å². The zero-order chi connectivity index (χ0) is 18.4. The number of anilines is 1. The lowest BCUT2D eigenvalue weighted by atomic mass is 10.0. The van der Waals surface area contributed by atoms with Crippen LogP contribution < -0.4 is 11.1 Å². The maximum absolute atomic E-state index is 12.3. The maximum atomic E-state index is 12.3. The minimum atomic E-state index is -0.593. The van der Waals surface area contributed by atoms with Gasteiger partial charge in [-0.2, -0.15) is 0 Å². The van der Waals surface area contributed by atoms with Gasteiger partial charge in [-0.15, -0.1) is 0 Å². The molecule has 1 unspecified atom stereocenters. The molecule has 0 radical (unpaired) electrons. The Morgan fingerprint density at radius 3 is 2.52 bits per heavy atom. The second-order valence-corrected chi connectivity index (χ2v) is 6.05. The number of carbonyl (C=O) groups is 1. The van der Waals surface area contributed by atoms with Crippen molar-refractivity contribution in [2.75, 3.05) is 26.4 Å². The van der Waals surface area contributed by atoms with Crippen LogP contribution in [-0.2, 0) is 6.42 Å². The Kier molecular flexibility index (Phi) is 6.08. The first-order valence-corrected chi connectivity index (χ1v) is 7.91. The van der Waals surface area contributed by atoms with E-state index in [1.165, 1.54) is 23.8 Å². The molecule has 1 amide bonds. The fraction of sp³-hybridized carbons (Fsp3) is 0.278. The van der Waals surface area contributed by atoms with Crippen molar-refractivity contribution in [3.05, 3.63) is 69.8 Å². The number of nitrogen functional groups attached to an aromatic ring is 1. The largest absolute Gasteiger partial charge is 0.393 e. The highest BCUT2D eigenvalue weighted by atomic mass is 16.6. The Morgan fingerprint density at radius 2 is 1.92 bits per heavy atom. The van der Waals surface area contributed by atoms with Crippen LogP contribution in [0.3, 0.4) is 0 Å². The van der Waals surface area contributed by atoms with E-state index in [1.807, 2.05) is 49.3 Å². The first kappa shape index (κ1) is 18.4. The van der Waals surface area contributed by atoms with Crippen LogP contribution >= 0.6 is 0 Å². The minimum absolute atomic E-state index is 0.0387. The number of benzene rings is 2. The number of carbonyl (C=O) groups excluding carboxylic acids is 1. The van der Waals surface area contributed by atoms with E-state index in [2.05, 4.69) is 5.32 Å². The second kappa shape index (κ2) is 8.25. The molecule has 0 saturated heterocycles. The molecule has 0 bridgehead atoms. The molecule has 7 heteroatoms. The van der Waals surface area contributed by atoms with Gasteiger partial charge in [-0.05, 0) is 38.2 Å². The van der Waals surface area contributed by atoms with Gasteiger partial charge in [0, 0.05) is 24.2 Å². The summed E-state index contributed by atoms with van der Waals surface area (Å²) in [5, 5.41) is 13.8. The fourth-order valence-electron chi connectivity index (χ4n) is 2.48. The predicted octanol–water partition coefficient (Wildman–Crippen LogP) is 2.08. The maximum Gasteiger partial charge on any atom is 0.292 e. The van der Waals surface area contributed by atoms with Gasteiger partial charge in [0.2, 0.25) is 0 Å². The third-order valence-corrected chi connectivity index (χ3v) is 4.03. The molecule has 25 heavy (non-hydrogen) atoms. The van der Waals surface area contributed by atoms with Crippen molar-refractivity contribution in [2.45, 2.75) is 12.5 Å². The van der Waals surface area contributed by atoms with Gasteiger partial charge >= 0.3 is 0 Å². The predicted molar refractivity (Wildman–Crippen MR) is 97.5 cm³/mol. The molecule has 132 valence electrons. The molecule has 3 N–H and O–H groups in total. The van der Waals surface area contributed by atoms with Crippen molar-refractivity contribution in [3.8, 4) is 0 Å². The van der Waals surface area contributed by atoms with E-state index < -0.39 is 4.92 Å². The van der Waals surface area contributed by atoms with Crippen LogP contribution in [0.4, 0.5) is 11.4 Å². The average molecular weight is 342 g/mol. The molecule has 0 aliphatic carbocycles. The highest BCUT2D eigenvalue weighted by Crippen LogP contribution is 2.22. The van der Waals surface area contributed by atoms with Gasteiger partial charge < -0.3 is 16.0 Å². The SMILES string of the molecule is CN(C)C(CNC(=O)c1ccc(N)c([N+](=O)[O-])c1)Cc1ccccc1. The third-order valence-electron chi connectivity index (χ3n) is 4.03. The molecule has 1 atom stereocenters. The fourth-order valence-corrected chi connectivity index (χ4v) is 2.48. The van der Waals surface area contributed by atoms with Gasteiger partial charge in [-0.25, -0.2) is 0 Å². The van der Waals surface area contributed by atoms with E-state index in [4.69, 9.17) is 5.73 Å². The van der Waals surface area contributed by atoms with E-state index >= 15 is 0 Å². The number of nitrogens with zero attached hydrogens (tertiary/aromatic N) is 2. The molecule has 2 rings (SSSR count). The molecule has 7 nitrogen and oxygen atoms in total. The number of hydrogen-bond donors (Lipinski definition) is 2. The van der Waals surface area contributed by atoms with E-state index in [0.29, 0.717) is 6.54 Å². The second-order valence-electron chi connectivity index (χ2n) is 6.05. The molecule has 2 aromatic carbocycles. The first-order chi connectivity index (χ1) is 11.9. The molecule has 0 heterocycles. The number of likely N-dealkylation sites (N-methyl/N-ethyl adjacent to an activating group) is 1. The Labute approximate surface area is 146 Å². The third kappa shape index (κ3) is 5.02. The van der Waals surface area contributed by atoms with Gasteiger partial charge in [0.25, 0.3) is 11.6 Å². The number of nitrogens with one attached hydrogen (secondary N) is 1. The normalized spacial score (nSPS) is 12.0. The number of nitro benzene ring substituents is 1. The number of nitrogens with two attached hydrogens (primary N) is 1. The summed E-state index contributed by atoms with van der Waals surface area (Å²) < 4.78 is 0. The van der Waals surface area contributed by atoms with E-state index in [1.54, 1.807) is 0 Å². The number of rotatable bonds is 7. The zero-order valence-electron chi connectivity index (χ0n) is 14.3. The highest BCUT2D eigenvalue weighted by molar-refractivity contribution is 5.95. The summed E-state index contributed by atoms with van der Waals surface area (Å²) in [4.78, 5) is 24.7. The van der Waals surface area contributed by atoms with E-state index in [0.717, 1.165) is 6.42 Å². The molecular weight excluding hydrogens is 320 g/mol. The molecule has 0 aliphatic heterocycles. The standard InChI is InChI=1S/C18H22N4O3/c1-21(2)15(10-13-6-4-3-5-7-13)12-20-18(23)14-8-9-16(19)17(11-14)22(24)25/h3-9,11,15H,10,12,19H2,1-2H3,(H,20,23). The first-order valence-electron chi connectivity index (χ1n) is 7.91. The summed E-state index contributed by atoms with van der Waals surface area (Å²) in [5.74, 6) is -0.358. The lowest BCUT2D eigenvalue weighted by Gasteiger charge is -2.24. The van der Waals surface area contributed by atoms with E-state index in [9.17, 15) is 14.9 Å². The summed E-state index contributed by atoms with van der Waals surface area (Å²) in [6.07, 6.45) is 0.788. The Balaban J connectivity index is 2.04. The summed E-state index contributed by atoms with van der Waals surface area (Å²) in [6, 6.07) is 14.2. The molecule has 2 aromatic rings. The quantitative estimate of drug-likeness (QED) is 0.456. The van der Waals surface area contributed by atoms with Gasteiger partial charge in [0.05, 0.1) is 4.92 Å². The summed E-state index contributed by atoms with van der Waals surface area (Å²) in [7, 11) is 3.90. The summed E-state index contributed by atoms with van der Waals surface area (Å²) in [6.45, 7) is 0.429. The van der Waals surface area contributed by atoms with Gasteiger partial charge in [0.1, 0.15) is 5.69 Å². The topological polar surface area (TPSA) is 102 Å². The molecule has 0 spiro atoms. The lowest BCUT2D eigenvalue weighted by molar-refractivity contribution is -0.383. The smallest absolute Gasteiger partial charge is 0.292 e. The van der Waals surface area contributed by atoms with Crippen LogP contribution in [0.2, 0.25) is 0 Å². The number of amides is 1. The number of hydrogen-bond acceptors (Lipinski definition) is 5. The molecule has 0 fully saturated rings. The molecule has 0 aromatic heterocycles. The number of nitro groups is 1. The van der Waals surface area contributed by atoms with Crippen molar-refractivity contribution in [1.82, 2.24) is 10.2 Å².